The second-order valence-corrected chi connectivity index (χ2v) is 5.07. The quantitative estimate of drug-likeness (QED) is 0.826. The molecule has 18 heavy (non-hydrogen) atoms. The minimum atomic E-state index is -0.0264. The standard InChI is InChI=1S/C15H17N3/c16-10-15(18-8-4-1-5-9-18)13-11-17-14-7-3-2-6-12(13)14/h2-3,6-7,11,15,17H,1,4-5,8-9H2/p+1/t15-/m1/s1. The lowest BCUT2D eigenvalue weighted by Crippen LogP contribution is -3.13. The van der Waals surface area contributed by atoms with Gasteiger partial charge in [0.25, 0.3) is 0 Å². The number of nitrogens with zero attached hydrogens (tertiary/aromatic N) is 1. The van der Waals surface area contributed by atoms with Crippen molar-refractivity contribution in [1.29, 1.82) is 5.26 Å². The highest BCUT2D eigenvalue weighted by Gasteiger charge is 2.27. The van der Waals surface area contributed by atoms with Gasteiger partial charge in [-0.1, -0.05) is 18.2 Å². The van der Waals surface area contributed by atoms with Crippen LogP contribution in [0, 0.1) is 11.3 Å². The minimum absolute atomic E-state index is 0.0264. The molecule has 92 valence electrons. The van der Waals surface area contributed by atoms with Crippen LogP contribution in [0.2, 0.25) is 0 Å². The van der Waals surface area contributed by atoms with E-state index in [9.17, 15) is 5.26 Å². The topological polar surface area (TPSA) is 44.0 Å². The lowest BCUT2D eigenvalue weighted by Gasteiger charge is -2.27. The molecule has 0 amide bonds. The summed E-state index contributed by atoms with van der Waals surface area (Å²) in [5, 5.41) is 10.7. The van der Waals surface area contributed by atoms with Crippen molar-refractivity contribution in [3.05, 3.63) is 36.0 Å². The molecule has 1 saturated heterocycles. The summed E-state index contributed by atoms with van der Waals surface area (Å²) in [6.45, 7) is 2.25. The number of likely N-dealkylation sites (tertiary alicyclic amines) is 1. The van der Waals surface area contributed by atoms with Crippen molar-refractivity contribution in [3.8, 4) is 6.07 Å². The molecule has 0 unspecified atom stereocenters. The Hall–Kier alpha value is -1.79. The summed E-state index contributed by atoms with van der Waals surface area (Å²) in [6, 6.07) is 10.7. The van der Waals surface area contributed by atoms with Gasteiger partial charge < -0.3 is 9.88 Å². The molecule has 1 aromatic heterocycles. The molecule has 2 N–H and O–H groups in total. The third-order valence-corrected chi connectivity index (χ3v) is 3.97. The Bertz CT molecular complexity index is 573. The van der Waals surface area contributed by atoms with Gasteiger partial charge in [0, 0.05) is 22.7 Å². The fourth-order valence-corrected chi connectivity index (χ4v) is 3.01. The number of aromatic nitrogens is 1. The van der Waals surface area contributed by atoms with E-state index in [1.807, 2.05) is 18.3 Å². The molecular formula is C15H18N3+. The fraction of sp³-hybridized carbons (Fsp3) is 0.400. The first kappa shape index (κ1) is 11.3. The number of quaternary nitrogens is 1. The van der Waals surface area contributed by atoms with Gasteiger partial charge in [-0.3, -0.25) is 0 Å². The maximum absolute atomic E-state index is 9.52. The molecule has 0 aliphatic carbocycles. The third kappa shape index (κ3) is 1.89. The van der Waals surface area contributed by atoms with Crippen molar-refractivity contribution >= 4 is 10.9 Å². The summed E-state index contributed by atoms with van der Waals surface area (Å²) in [4.78, 5) is 4.70. The number of fused-ring (bicyclic) bond motifs is 1. The third-order valence-electron chi connectivity index (χ3n) is 3.97. The number of nitrogens with one attached hydrogen (secondary N) is 2. The van der Waals surface area contributed by atoms with Crippen molar-refractivity contribution in [2.24, 2.45) is 0 Å². The van der Waals surface area contributed by atoms with Gasteiger partial charge in [0.1, 0.15) is 6.07 Å². The molecule has 1 aromatic carbocycles. The molecule has 1 aliphatic heterocycles. The van der Waals surface area contributed by atoms with E-state index in [-0.39, 0.29) is 6.04 Å². The predicted molar refractivity (Wildman–Crippen MR) is 71.2 cm³/mol. The van der Waals surface area contributed by atoms with E-state index in [2.05, 4.69) is 23.2 Å². The second-order valence-electron chi connectivity index (χ2n) is 5.07. The number of aromatic amines is 1. The van der Waals surface area contributed by atoms with Crippen LogP contribution in [-0.2, 0) is 0 Å². The molecular weight excluding hydrogens is 222 g/mol. The highest BCUT2D eigenvalue weighted by molar-refractivity contribution is 5.83. The maximum Gasteiger partial charge on any atom is 0.202 e. The molecule has 1 atom stereocenters. The number of benzene rings is 1. The molecule has 2 aromatic rings. The van der Waals surface area contributed by atoms with Crippen molar-refractivity contribution in [2.75, 3.05) is 13.1 Å². The fourth-order valence-electron chi connectivity index (χ4n) is 3.01. The molecule has 1 aliphatic rings. The van der Waals surface area contributed by atoms with E-state index >= 15 is 0 Å². The monoisotopic (exact) mass is 240 g/mol. The van der Waals surface area contributed by atoms with E-state index in [0.717, 1.165) is 24.2 Å². The number of H-pyrrole nitrogens is 1. The molecule has 2 heterocycles. The average molecular weight is 240 g/mol. The molecule has 0 bridgehead atoms. The summed E-state index contributed by atoms with van der Waals surface area (Å²) in [5.41, 5.74) is 2.29. The summed E-state index contributed by atoms with van der Waals surface area (Å²) in [5.74, 6) is 0. The van der Waals surface area contributed by atoms with Crippen LogP contribution in [0.3, 0.4) is 0 Å². The summed E-state index contributed by atoms with van der Waals surface area (Å²) >= 11 is 0. The van der Waals surface area contributed by atoms with Gasteiger partial charge in [0.15, 0.2) is 0 Å². The van der Waals surface area contributed by atoms with E-state index in [4.69, 9.17) is 0 Å². The van der Waals surface area contributed by atoms with Crippen LogP contribution < -0.4 is 4.90 Å². The number of hydrogen-bond acceptors (Lipinski definition) is 1. The normalized spacial score (nSPS) is 18.6. The largest absolute Gasteiger partial charge is 0.361 e. The SMILES string of the molecule is N#C[C@H](c1c[nH]c2ccccc12)[NH+]1CCCCC1. The zero-order chi connectivity index (χ0) is 12.4. The Balaban J connectivity index is 1.98. The zero-order valence-electron chi connectivity index (χ0n) is 10.4. The van der Waals surface area contributed by atoms with Gasteiger partial charge >= 0.3 is 0 Å². The minimum Gasteiger partial charge on any atom is -0.361 e. The first-order valence-corrected chi connectivity index (χ1v) is 6.70. The molecule has 0 saturated carbocycles. The van der Waals surface area contributed by atoms with Crippen LogP contribution in [0.15, 0.2) is 30.5 Å². The Morgan fingerprint density at radius 2 is 1.94 bits per heavy atom. The Labute approximate surface area is 107 Å². The summed E-state index contributed by atoms with van der Waals surface area (Å²) < 4.78 is 0. The van der Waals surface area contributed by atoms with Gasteiger partial charge in [-0.25, -0.2) is 0 Å². The highest BCUT2D eigenvalue weighted by Crippen LogP contribution is 2.22. The first-order valence-electron chi connectivity index (χ1n) is 6.70. The zero-order valence-corrected chi connectivity index (χ0v) is 10.4. The Morgan fingerprint density at radius 1 is 1.17 bits per heavy atom. The maximum atomic E-state index is 9.52. The van der Waals surface area contributed by atoms with E-state index < -0.39 is 0 Å². The molecule has 1 fully saturated rings. The first-order chi connectivity index (χ1) is 8.90. The molecule has 3 rings (SSSR count). The number of nitriles is 1. The summed E-state index contributed by atoms with van der Waals surface area (Å²) in [7, 11) is 0. The highest BCUT2D eigenvalue weighted by atomic mass is 15.2. The van der Waals surface area contributed by atoms with Crippen molar-refractivity contribution in [1.82, 2.24) is 4.98 Å². The molecule has 3 heteroatoms. The van der Waals surface area contributed by atoms with Crippen LogP contribution in [-0.4, -0.2) is 18.1 Å². The summed E-state index contributed by atoms with van der Waals surface area (Å²) in [6.07, 6.45) is 5.82. The average Bonchev–Trinajstić information content (AvgIpc) is 2.85. The van der Waals surface area contributed by atoms with Gasteiger partial charge in [-0.15, -0.1) is 0 Å². The van der Waals surface area contributed by atoms with E-state index in [0.29, 0.717) is 0 Å². The van der Waals surface area contributed by atoms with Crippen LogP contribution in [0.5, 0.6) is 0 Å². The molecule has 3 nitrogen and oxygen atoms in total. The number of rotatable bonds is 2. The van der Waals surface area contributed by atoms with Crippen molar-refractivity contribution in [2.45, 2.75) is 25.3 Å². The van der Waals surface area contributed by atoms with Gasteiger partial charge in [0.2, 0.25) is 6.04 Å². The second kappa shape index (κ2) is 4.83. The Morgan fingerprint density at radius 3 is 2.72 bits per heavy atom. The number of piperidine rings is 1. The number of hydrogen-bond donors (Lipinski definition) is 2. The Kier molecular flexibility index (Phi) is 3.04. The smallest absolute Gasteiger partial charge is 0.202 e. The van der Waals surface area contributed by atoms with Crippen LogP contribution >= 0.6 is 0 Å². The lowest BCUT2D eigenvalue weighted by atomic mass is 10.0. The van der Waals surface area contributed by atoms with E-state index in [1.54, 1.807) is 0 Å². The lowest BCUT2D eigenvalue weighted by molar-refractivity contribution is -0.927. The predicted octanol–water partition coefficient (Wildman–Crippen LogP) is 1.80. The van der Waals surface area contributed by atoms with Gasteiger partial charge in [-0.05, 0) is 25.3 Å². The number of para-hydroxylation sites is 1. The van der Waals surface area contributed by atoms with Crippen LogP contribution in [0.1, 0.15) is 30.9 Å². The molecule has 0 radical (unpaired) electrons. The van der Waals surface area contributed by atoms with Crippen LogP contribution in [0.25, 0.3) is 10.9 Å². The van der Waals surface area contributed by atoms with Crippen LogP contribution in [0.4, 0.5) is 0 Å². The van der Waals surface area contributed by atoms with Gasteiger partial charge in [0.05, 0.1) is 13.1 Å². The van der Waals surface area contributed by atoms with E-state index in [1.165, 1.54) is 29.5 Å². The molecule has 0 spiro atoms. The van der Waals surface area contributed by atoms with Crippen molar-refractivity contribution in [3.63, 3.8) is 0 Å². The van der Waals surface area contributed by atoms with Gasteiger partial charge in [-0.2, -0.15) is 5.26 Å². The van der Waals surface area contributed by atoms with Crippen molar-refractivity contribution < 1.29 is 4.90 Å².